The molecule has 1 aromatic carbocycles. The minimum atomic E-state index is -1.80. The maximum Gasteiger partial charge on any atom is 0.207 e. The molecule has 1 aromatic rings. The molecule has 0 spiro atoms. The average molecular weight is 239 g/mol. The number of fused-ring (bicyclic) bond motifs is 1. The van der Waals surface area contributed by atoms with Crippen molar-refractivity contribution in [3.05, 3.63) is 34.9 Å². The van der Waals surface area contributed by atoms with Crippen LogP contribution in [-0.4, -0.2) is 15.2 Å². The first-order chi connectivity index (χ1) is 7.70. The van der Waals surface area contributed by atoms with E-state index in [1.165, 1.54) is 5.56 Å². The van der Waals surface area contributed by atoms with E-state index in [4.69, 9.17) is 4.55 Å². The van der Waals surface area contributed by atoms with Crippen LogP contribution in [0.3, 0.4) is 0 Å². The van der Waals surface area contributed by atoms with Crippen LogP contribution in [0.15, 0.2) is 18.2 Å². The highest BCUT2D eigenvalue weighted by atomic mass is 32.2. The topological polar surface area (TPSA) is 66.4 Å². The van der Waals surface area contributed by atoms with Gasteiger partial charge in [-0.1, -0.05) is 18.2 Å². The molecule has 2 atom stereocenters. The van der Waals surface area contributed by atoms with Crippen molar-refractivity contribution in [3.8, 4) is 0 Å². The van der Waals surface area contributed by atoms with Crippen LogP contribution in [0, 0.1) is 0 Å². The third-order valence-electron chi connectivity index (χ3n) is 2.84. The number of carbonyl (C=O) groups is 1. The van der Waals surface area contributed by atoms with E-state index >= 15 is 0 Å². The Kier molecular flexibility index (Phi) is 3.36. The fourth-order valence-corrected chi connectivity index (χ4v) is 2.62. The van der Waals surface area contributed by atoms with Gasteiger partial charge in [-0.2, -0.15) is 0 Å². The van der Waals surface area contributed by atoms with Crippen molar-refractivity contribution in [1.29, 1.82) is 0 Å². The maximum absolute atomic E-state index is 10.7. The summed E-state index contributed by atoms with van der Waals surface area (Å²) in [6.45, 7) is 0. The van der Waals surface area contributed by atoms with Crippen molar-refractivity contribution in [1.82, 2.24) is 5.32 Å². The van der Waals surface area contributed by atoms with Gasteiger partial charge in [-0.15, -0.1) is 0 Å². The van der Waals surface area contributed by atoms with E-state index in [1.807, 2.05) is 18.2 Å². The lowest BCUT2D eigenvalue weighted by Gasteiger charge is -2.10. The van der Waals surface area contributed by atoms with Crippen molar-refractivity contribution >= 4 is 17.5 Å². The fourth-order valence-electron chi connectivity index (χ4n) is 2.16. The lowest BCUT2D eigenvalue weighted by Crippen LogP contribution is -2.16. The predicted molar refractivity (Wildman–Crippen MR) is 61.2 cm³/mol. The quantitative estimate of drug-likeness (QED) is 0.611. The molecule has 0 fully saturated rings. The molecule has 0 aliphatic heterocycles. The summed E-state index contributed by atoms with van der Waals surface area (Å²) in [5.41, 5.74) is 3.16. The zero-order chi connectivity index (χ0) is 11.5. The Labute approximate surface area is 96.3 Å². The van der Waals surface area contributed by atoms with Gasteiger partial charge in [0.25, 0.3) is 0 Å². The number of aryl methyl sites for hydroxylation is 1. The lowest BCUT2D eigenvalue weighted by atomic mass is 10.1. The molecule has 0 aromatic heterocycles. The predicted octanol–water partition coefficient (Wildman–Crippen LogP) is 1.14. The molecule has 0 radical (unpaired) electrons. The zero-order valence-electron chi connectivity index (χ0n) is 8.68. The summed E-state index contributed by atoms with van der Waals surface area (Å²) in [4.78, 5) is 10.4. The van der Waals surface area contributed by atoms with Crippen LogP contribution < -0.4 is 5.32 Å². The van der Waals surface area contributed by atoms with Gasteiger partial charge < -0.3 is 9.87 Å². The third-order valence-corrected chi connectivity index (χ3v) is 3.42. The maximum atomic E-state index is 10.7. The molecule has 5 heteroatoms. The molecule has 2 unspecified atom stereocenters. The highest BCUT2D eigenvalue weighted by molar-refractivity contribution is 7.78. The lowest BCUT2D eigenvalue weighted by molar-refractivity contribution is -0.110. The number of rotatable bonds is 4. The molecule has 86 valence electrons. The van der Waals surface area contributed by atoms with Gasteiger partial charge in [-0.05, 0) is 29.5 Å². The smallest absolute Gasteiger partial charge is 0.207 e. The summed E-state index contributed by atoms with van der Waals surface area (Å²) in [6.07, 6.45) is 2.53. The van der Waals surface area contributed by atoms with E-state index < -0.39 is 11.1 Å². The summed E-state index contributed by atoms with van der Waals surface area (Å²) in [5, 5.41) is 2.77. The largest absolute Gasteiger partial charge is 0.352 e. The summed E-state index contributed by atoms with van der Waals surface area (Å²) in [6, 6.07) is 5.83. The molecule has 1 aliphatic carbocycles. The van der Waals surface area contributed by atoms with Gasteiger partial charge in [-0.3, -0.25) is 4.79 Å². The second-order valence-electron chi connectivity index (χ2n) is 3.87. The standard InChI is InChI=1S/C11H13NO3S/c13-7-12-11-4-2-9-5-8(6-16(14)15)1-3-10(9)11/h1,3,5,7,11H,2,4,6H2,(H,12,13)(H,14,15). The Morgan fingerprint density at radius 3 is 3.06 bits per heavy atom. The Bertz CT molecular complexity index is 433. The third kappa shape index (κ3) is 2.31. The highest BCUT2D eigenvalue weighted by Crippen LogP contribution is 2.31. The SMILES string of the molecule is O=CNC1CCc2cc(CS(=O)O)ccc21. The minimum Gasteiger partial charge on any atom is -0.352 e. The van der Waals surface area contributed by atoms with E-state index in [0.717, 1.165) is 30.4 Å². The van der Waals surface area contributed by atoms with Gasteiger partial charge in [0.15, 0.2) is 11.1 Å². The fraction of sp³-hybridized carbons (Fsp3) is 0.364. The second kappa shape index (κ2) is 4.76. The summed E-state index contributed by atoms with van der Waals surface area (Å²) >= 11 is -1.80. The molecule has 1 amide bonds. The molecule has 0 saturated carbocycles. The number of carbonyl (C=O) groups excluding carboxylic acids is 1. The van der Waals surface area contributed by atoms with Crippen LogP contribution in [0.25, 0.3) is 0 Å². The van der Waals surface area contributed by atoms with Crippen LogP contribution in [-0.2, 0) is 28.0 Å². The molecule has 16 heavy (non-hydrogen) atoms. The van der Waals surface area contributed by atoms with E-state index in [0.29, 0.717) is 0 Å². The van der Waals surface area contributed by atoms with Crippen LogP contribution in [0.1, 0.15) is 29.2 Å². The van der Waals surface area contributed by atoms with Crippen molar-refractivity contribution in [2.24, 2.45) is 0 Å². The van der Waals surface area contributed by atoms with E-state index in [2.05, 4.69) is 5.32 Å². The molecule has 2 rings (SSSR count). The molecule has 0 heterocycles. The number of hydrogen-bond donors (Lipinski definition) is 2. The molecule has 4 nitrogen and oxygen atoms in total. The van der Waals surface area contributed by atoms with E-state index in [1.54, 1.807) is 0 Å². The van der Waals surface area contributed by atoms with Crippen molar-refractivity contribution in [2.45, 2.75) is 24.6 Å². The Morgan fingerprint density at radius 2 is 2.38 bits per heavy atom. The van der Waals surface area contributed by atoms with Gasteiger partial charge in [0.1, 0.15) is 0 Å². The van der Waals surface area contributed by atoms with Gasteiger partial charge in [-0.25, -0.2) is 4.21 Å². The summed E-state index contributed by atoms with van der Waals surface area (Å²) in [5.74, 6) is 0.166. The first kappa shape index (κ1) is 11.3. The van der Waals surface area contributed by atoms with Crippen molar-refractivity contribution < 1.29 is 13.6 Å². The average Bonchev–Trinajstić information content (AvgIpc) is 2.61. The number of benzene rings is 1. The second-order valence-corrected chi connectivity index (χ2v) is 4.81. The minimum absolute atomic E-state index is 0.0983. The van der Waals surface area contributed by atoms with E-state index in [9.17, 15) is 9.00 Å². The van der Waals surface area contributed by atoms with Gasteiger partial charge in [0.2, 0.25) is 6.41 Å². The van der Waals surface area contributed by atoms with Crippen LogP contribution in [0.2, 0.25) is 0 Å². The van der Waals surface area contributed by atoms with E-state index in [-0.39, 0.29) is 11.8 Å². The normalized spacial score (nSPS) is 20.2. The summed E-state index contributed by atoms with van der Waals surface area (Å²) in [7, 11) is 0. The first-order valence-corrected chi connectivity index (χ1v) is 6.37. The van der Waals surface area contributed by atoms with Gasteiger partial charge in [0, 0.05) is 0 Å². The Balaban J connectivity index is 2.21. The van der Waals surface area contributed by atoms with Crippen LogP contribution in [0.5, 0.6) is 0 Å². The molecule has 2 N–H and O–H groups in total. The zero-order valence-corrected chi connectivity index (χ0v) is 9.50. The number of nitrogens with one attached hydrogen (secondary N) is 1. The Morgan fingerprint density at radius 1 is 1.56 bits per heavy atom. The monoisotopic (exact) mass is 239 g/mol. The van der Waals surface area contributed by atoms with Crippen LogP contribution in [0.4, 0.5) is 0 Å². The van der Waals surface area contributed by atoms with Crippen molar-refractivity contribution in [2.75, 3.05) is 0 Å². The summed E-state index contributed by atoms with van der Waals surface area (Å²) < 4.78 is 19.5. The molecule has 0 saturated heterocycles. The van der Waals surface area contributed by atoms with Gasteiger partial charge >= 0.3 is 0 Å². The molecular weight excluding hydrogens is 226 g/mol. The first-order valence-electron chi connectivity index (χ1n) is 5.09. The van der Waals surface area contributed by atoms with Crippen LogP contribution >= 0.6 is 0 Å². The molecular formula is C11H13NO3S. The molecule has 0 bridgehead atoms. The Hall–Kier alpha value is -1.20. The van der Waals surface area contributed by atoms with Crippen molar-refractivity contribution in [3.63, 3.8) is 0 Å². The van der Waals surface area contributed by atoms with Gasteiger partial charge in [0.05, 0.1) is 11.8 Å². The number of amides is 1. The molecule has 1 aliphatic rings. The highest BCUT2D eigenvalue weighted by Gasteiger charge is 2.21. The number of hydrogen-bond acceptors (Lipinski definition) is 2.